The summed E-state index contributed by atoms with van der Waals surface area (Å²) < 4.78 is 5.11. The van der Waals surface area contributed by atoms with E-state index in [0.717, 1.165) is 18.0 Å². The van der Waals surface area contributed by atoms with E-state index in [1.165, 1.54) is 25.1 Å². The van der Waals surface area contributed by atoms with E-state index in [4.69, 9.17) is 10.5 Å². The van der Waals surface area contributed by atoms with E-state index in [-0.39, 0.29) is 0 Å². The number of ether oxygens (including phenoxy) is 1. The fourth-order valence-electron chi connectivity index (χ4n) is 1.68. The van der Waals surface area contributed by atoms with Gasteiger partial charge in [0.15, 0.2) is 0 Å². The molecule has 0 atom stereocenters. The van der Waals surface area contributed by atoms with Gasteiger partial charge in [0, 0.05) is 6.54 Å². The van der Waals surface area contributed by atoms with E-state index in [1.807, 2.05) is 12.1 Å². The van der Waals surface area contributed by atoms with Gasteiger partial charge in [-0.25, -0.2) is 0 Å². The molecule has 1 fully saturated rings. The quantitative estimate of drug-likeness (QED) is 0.737. The molecule has 76 valence electrons. The Kier molecular flexibility index (Phi) is 2.59. The molecule has 2 rings (SSSR count). The molecule has 3 heteroatoms. The van der Waals surface area contributed by atoms with E-state index >= 15 is 0 Å². The lowest BCUT2D eigenvalue weighted by Gasteiger charge is -2.30. The molecule has 0 amide bonds. The zero-order chi connectivity index (χ0) is 9.97. The number of nitrogens with zero attached hydrogens (tertiary/aromatic N) is 1. The molecule has 1 aliphatic rings. The molecule has 14 heavy (non-hydrogen) atoms. The molecule has 0 spiro atoms. The Morgan fingerprint density at radius 1 is 1.43 bits per heavy atom. The van der Waals surface area contributed by atoms with Gasteiger partial charge in [-0.1, -0.05) is 6.07 Å². The first-order valence-corrected chi connectivity index (χ1v) is 4.94. The highest BCUT2D eigenvalue weighted by Crippen LogP contribution is 2.23. The summed E-state index contributed by atoms with van der Waals surface area (Å²) in [6.07, 6.45) is 1.33. The number of nitrogen functional groups attached to an aromatic ring is 1. The molecule has 3 nitrogen and oxygen atoms in total. The van der Waals surface area contributed by atoms with Crippen LogP contribution in [0.4, 0.5) is 5.69 Å². The van der Waals surface area contributed by atoms with Crippen molar-refractivity contribution < 1.29 is 4.74 Å². The molecule has 1 heterocycles. The first-order valence-electron chi connectivity index (χ1n) is 4.94. The average Bonchev–Trinajstić information content (AvgIpc) is 2.12. The smallest absolute Gasteiger partial charge is 0.141 e. The van der Waals surface area contributed by atoms with Crippen molar-refractivity contribution in [3.05, 3.63) is 23.8 Å². The first kappa shape index (κ1) is 9.34. The van der Waals surface area contributed by atoms with Gasteiger partial charge in [-0.3, -0.25) is 4.90 Å². The Bertz CT molecular complexity index is 321. The van der Waals surface area contributed by atoms with Gasteiger partial charge in [0.2, 0.25) is 0 Å². The third-order valence-corrected chi connectivity index (χ3v) is 2.65. The van der Waals surface area contributed by atoms with Crippen molar-refractivity contribution in [3.63, 3.8) is 0 Å². The largest absolute Gasteiger partial charge is 0.495 e. The van der Waals surface area contributed by atoms with Crippen LogP contribution in [0.1, 0.15) is 12.0 Å². The maximum absolute atomic E-state index is 5.82. The third kappa shape index (κ3) is 1.82. The summed E-state index contributed by atoms with van der Waals surface area (Å²) in [4.78, 5) is 2.40. The van der Waals surface area contributed by atoms with Crippen LogP contribution in [0.3, 0.4) is 0 Å². The predicted molar refractivity (Wildman–Crippen MR) is 57.3 cm³/mol. The van der Waals surface area contributed by atoms with Crippen LogP contribution in [0.5, 0.6) is 5.75 Å². The normalized spacial score (nSPS) is 16.4. The number of methoxy groups -OCH3 is 1. The Balaban J connectivity index is 2.07. The summed E-state index contributed by atoms with van der Waals surface area (Å²) in [5.74, 6) is 0.761. The first-order chi connectivity index (χ1) is 6.79. The molecule has 2 N–H and O–H groups in total. The molecule has 1 aromatic carbocycles. The Morgan fingerprint density at radius 3 is 2.71 bits per heavy atom. The van der Waals surface area contributed by atoms with Gasteiger partial charge in [0.25, 0.3) is 0 Å². The van der Waals surface area contributed by atoms with Crippen molar-refractivity contribution in [2.75, 3.05) is 25.9 Å². The maximum atomic E-state index is 5.82. The SMILES string of the molecule is COc1ccc(CN2CCC2)cc1N. The molecule has 0 radical (unpaired) electrons. The van der Waals surface area contributed by atoms with Crippen LogP contribution in [0.2, 0.25) is 0 Å². The fourth-order valence-corrected chi connectivity index (χ4v) is 1.68. The van der Waals surface area contributed by atoms with Crippen LogP contribution >= 0.6 is 0 Å². The zero-order valence-electron chi connectivity index (χ0n) is 8.49. The summed E-state index contributed by atoms with van der Waals surface area (Å²) in [7, 11) is 1.64. The standard InChI is InChI=1S/C11H16N2O/c1-14-11-4-3-9(7-10(11)12)8-13-5-2-6-13/h3-4,7H,2,5-6,8,12H2,1H3. The lowest BCUT2D eigenvalue weighted by molar-refractivity contribution is 0.172. The average molecular weight is 192 g/mol. The van der Waals surface area contributed by atoms with Crippen molar-refractivity contribution in [2.24, 2.45) is 0 Å². The lowest BCUT2D eigenvalue weighted by Crippen LogP contribution is -2.36. The molecule has 1 aliphatic heterocycles. The molecule has 0 bridgehead atoms. The van der Waals surface area contributed by atoms with Crippen molar-refractivity contribution in [1.82, 2.24) is 4.90 Å². The molecular weight excluding hydrogens is 176 g/mol. The minimum atomic E-state index is 0.727. The van der Waals surface area contributed by atoms with Crippen LogP contribution < -0.4 is 10.5 Å². The van der Waals surface area contributed by atoms with E-state index in [0.29, 0.717) is 0 Å². The Labute approximate surface area is 84.5 Å². The van der Waals surface area contributed by atoms with Crippen molar-refractivity contribution in [1.29, 1.82) is 0 Å². The van der Waals surface area contributed by atoms with E-state index in [2.05, 4.69) is 11.0 Å². The summed E-state index contributed by atoms with van der Waals surface area (Å²) in [6, 6.07) is 6.01. The van der Waals surface area contributed by atoms with Crippen molar-refractivity contribution in [2.45, 2.75) is 13.0 Å². The van der Waals surface area contributed by atoms with Crippen LogP contribution in [-0.2, 0) is 6.54 Å². The minimum absolute atomic E-state index is 0.727. The summed E-state index contributed by atoms with van der Waals surface area (Å²) >= 11 is 0. The van der Waals surface area contributed by atoms with Gasteiger partial charge in [-0.05, 0) is 37.2 Å². The molecule has 0 unspecified atom stereocenters. The van der Waals surface area contributed by atoms with Gasteiger partial charge in [-0.15, -0.1) is 0 Å². The van der Waals surface area contributed by atoms with Crippen LogP contribution in [-0.4, -0.2) is 25.1 Å². The van der Waals surface area contributed by atoms with Gasteiger partial charge in [0.1, 0.15) is 5.75 Å². The van der Waals surface area contributed by atoms with Gasteiger partial charge in [0.05, 0.1) is 12.8 Å². The fraction of sp³-hybridized carbons (Fsp3) is 0.455. The summed E-state index contributed by atoms with van der Waals surface area (Å²) in [5.41, 5.74) is 7.82. The van der Waals surface area contributed by atoms with Crippen LogP contribution in [0.25, 0.3) is 0 Å². The number of nitrogens with two attached hydrogens (primary N) is 1. The van der Waals surface area contributed by atoms with E-state index in [1.54, 1.807) is 7.11 Å². The highest BCUT2D eigenvalue weighted by Gasteiger charge is 2.13. The minimum Gasteiger partial charge on any atom is -0.495 e. The molecule has 0 aromatic heterocycles. The van der Waals surface area contributed by atoms with E-state index in [9.17, 15) is 0 Å². The molecular formula is C11H16N2O. The predicted octanol–water partition coefficient (Wildman–Crippen LogP) is 1.48. The molecule has 0 saturated carbocycles. The second kappa shape index (κ2) is 3.88. The second-order valence-corrected chi connectivity index (χ2v) is 3.71. The summed E-state index contributed by atoms with van der Waals surface area (Å²) in [5, 5.41) is 0. The lowest BCUT2D eigenvalue weighted by atomic mass is 10.1. The van der Waals surface area contributed by atoms with Crippen LogP contribution in [0, 0.1) is 0 Å². The highest BCUT2D eigenvalue weighted by atomic mass is 16.5. The molecule has 1 aromatic rings. The van der Waals surface area contributed by atoms with Gasteiger partial charge < -0.3 is 10.5 Å². The van der Waals surface area contributed by atoms with Crippen LogP contribution in [0.15, 0.2) is 18.2 Å². The summed E-state index contributed by atoms with van der Waals surface area (Å²) in [6.45, 7) is 3.44. The number of hydrogen-bond donors (Lipinski definition) is 1. The Morgan fingerprint density at radius 2 is 2.21 bits per heavy atom. The topological polar surface area (TPSA) is 38.5 Å². The zero-order valence-corrected chi connectivity index (χ0v) is 8.49. The highest BCUT2D eigenvalue weighted by molar-refractivity contribution is 5.54. The molecule has 1 saturated heterocycles. The monoisotopic (exact) mass is 192 g/mol. The Hall–Kier alpha value is -1.22. The van der Waals surface area contributed by atoms with Gasteiger partial charge >= 0.3 is 0 Å². The van der Waals surface area contributed by atoms with Crippen molar-refractivity contribution >= 4 is 5.69 Å². The maximum Gasteiger partial charge on any atom is 0.141 e. The number of likely N-dealkylation sites (tertiary alicyclic amines) is 1. The van der Waals surface area contributed by atoms with Crippen molar-refractivity contribution in [3.8, 4) is 5.75 Å². The van der Waals surface area contributed by atoms with E-state index < -0.39 is 0 Å². The number of hydrogen-bond acceptors (Lipinski definition) is 3. The number of rotatable bonds is 3. The number of anilines is 1. The second-order valence-electron chi connectivity index (χ2n) is 3.71. The van der Waals surface area contributed by atoms with Gasteiger partial charge in [-0.2, -0.15) is 0 Å². The number of benzene rings is 1. The third-order valence-electron chi connectivity index (χ3n) is 2.65. The molecule has 0 aliphatic carbocycles.